The Morgan fingerprint density at radius 2 is 1.11 bits per heavy atom. The van der Waals surface area contributed by atoms with Crippen molar-refractivity contribution < 1.29 is 17.1 Å². The Balaban J connectivity index is 0.00000324. The van der Waals surface area contributed by atoms with Crippen LogP contribution >= 0.6 is 0 Å². The molecular formula is C18H30Fe. The topological polar surface area (TPSA) is 0 Å². The van der Waals surface area contributed by atoms with E-state index < -0.39 is 0 Å². The average Bonchev–Trinajstić information content (AvgIpc) is 2.42. The summed E-state index contributed by atoms with van der Waals surface area (Å²) in [5.74, 6) is 0. The summed E-state index contributed by atoms with van der Waals surface area (Å²) in [6, 6.07) is 10.9. The minimum atomic E-state index is 0. The minimum Gasteiger partial charge on any atom is -0.0654 e. The molecule has 0 nitrogen and oxygen atoms in total. The number of unbranched alkanes of at least 4 members (excludes halogenated alkanes) is 9. The van der Waals surface area contributed by atoms with Crippen molar-refractivity contribution in [2.45, 2.75) is 77.6 Å². The fourth-order valence-electron chi connectivity index (χ4n) is 2.46. The van der Waals surface area contributed by atoms with Gasteiger partial charge in [0.05, 0.1) is 0 Å². The zero-order valence-electron chi connectivity index (χ0n) is 12.5. The quantitative estimate of drug-likeness (QED) is 0.340. The predicted octanol–water partition coefficient (Wildman–Crippen LogP) is 6.15. The second-order valence-corrected chi connectivity index (χ2v) is 5.42. The van der Waals surface area contributed by atoms with Crippen LogP contribution in [0.1, 0.15) is 76.7 Å². The molecule has 0 N–H and O–H groups in total. The van der Waals surface area contributed by atoms with Crippen LogP contribution in [0.4, 0.5) is 0 Å². The summed E-state index contributed by atoms with van der Waals surface area (Å²) in [5, 5.41) is 0. The molecule has 110 valence electrons. The molecule has 1 rings (SSSR count). The van der Waals surface area contributed by atoms with Gasteiger partial charge in [-0.25, -0.2) is 0 Å². The molecule has 19 heavy (non-hydrogen) atoms. The first kappa shape index (κ1) is 18.7. The Labute approximate surface area is 130 Å². The third-order valence-electron chi connectivity index (χ3n) is 3.66. The van der Waals surface area contributed by atoms with Crippen LogP contribution < -0.4 is 0 Å². The van der Waals surface area contributed by atoms with Crippen LogP contribution in [0.3, 0.4) is 0 Å². The Hall–Kier alpha value is -0.261. The molecule has 0 unspecified atom stereocenters. The zero-order chi connectivity index (χ0) is 12.9. The second-order valence-electron chi connectivity index (χ2n) is 5.42. The number of rotatable bonds is 11. The maximum atomic E-state index is 2.28. The SMILES string of the molecule is CCCCCCCCCCCCc1ccccc1.[Fe]. The number of hydrogen-bond acceptors (Lipinski definition) is 0. The van der Waals surface area contributed by atoms with Crippen LogP contribution in [0.25, 0.3) is 0 Å². The van der Waals surface area contributed by atoms with Crippen molar-refractivity contribution in [2.75, 3.05) is 0 Å². The monoisotopic (exact) mass is 302 g/mol. The van der Waals surface area contributed by atoms with Gasteiger partial charge in [-0.1, -0.05) is 95.0 Å². The molecule has 0 radical (unpaired) electrons. The average molecular weight is 302 g/mol. The van der Waals surface area contributed by atoms with E-state index in [1.165, 1.54) is 76.2 Å². The first-order valence-corrected chi connectivity index (χ1v) is 7.97. The fraction of sp³-hybridized carbons (Fsp3) is 0.667. The molecule has 0 aliphatic heterocycles. The van der Waals surface area contributed by atoms with Crippen LogP contribution in [0.15, 0.2) is 30.3 Å². The summed E-state index contributed by atoms with van der Waals surface area (Å²) >= 11 is 0. The summed E-state index contributed by atoms with van der Waals surface area (Å²) in [6.45, 7) is 2.28. The van der Waals surface area contributed by atoms with E-state index in [0.717, 1.165) is 0 Å². The van der Waals surface area contributed by atoms with E-state index in [0.29, 0.717) is 0 Å². The zero-order valence-corrected chi connectivity index (χ0v) is 13.6. The van der Waals surface area contributed by atoms with E-state index in [4.69, 9.17) is 0 Å². The molecule has 0 aliphatic carbocycles. The summed E-state index contributed by atoms with van der Waals surface area (Å²) < 4.78 is 0. The van der Waals surface area contributed by atoms with Crippen molar-refractivity contribution in [1.82, 2.24) is 0 Å². The van der Waals surface area contributed by atoms with Gasteiger partial charge in [-0.15, -0.1) is 0 Å². The van der Waals surface area contributed by atoms with Gasteiger partial charge in [0.2, 0.25) is 0 Å². The van der Waals surface area contributed by atoms with Crippen LogP contribution in [-0.4, -0.2) is 0 Å². The fourth-order valence-corrected chi connectivity index (χ4v) is 2.46. The van der Waals surface area contributed by atoms with Crippen molar-refractivity contribution in [2.24, 2.45) is 0 Å². The van der Waals surface area contributed by atoms with Gasteiger partial charge in [0, 0.05) is 17.1 Å². The molecule has 0 saturated heterocycles. The molecule has 0 heterocycles. The molecule has 1 heteroatoms. The van der Waals surface area contributed by atoms with Crippen molar-refractivity contribution in [3.8, 4) is 0 Å². The van der Waals surface area contributed by atoms with Gasteiger partial charge in [0.1, 0.15) is 0 Å². The molecule has 0 amide bonds. The van der Waals surface area contributed by atoms with E-state index in [1.807, 2.05) is 0 Å². The smallest absolute Gasteiger partial charge is 0 e. The van der Waals surface area contributed by atoms with E-state index >= 15 is 0 Å². The van der Waals surface area contributed by atoms with Gasteiger partial charge in [0.15, 0.2) is 0 Å². The van der Waals surface area contributed by atoms with Crippen LogP contribution in [0, 0.1) is 0 Å². The first-order chi connectivity index (χ1) is 8.93. The first-order valence-electron chi connectivity index (χ1n) is 7.97. The van der Waals surface area contributed by atoms with Gasteiger partial charge in [-0.05, 0) is 18.4 Å². The van der Waals surface area contributed by atoms with Crippen LogP contribution in [0.5, 0.6) is 0 Å². The van der Waals surface area contributed by atoms with Crippen molar-refractivity contribution in [3.63, 3.8) is 0 Å². The summed E-state index contributed by atoms with van der Waals surface area (Å²) in [7, 11) is 0. The Morgan fingerprint density at radius 1 is 0.632 bits per heavy atom. The van der Waals surface area contributed by atoms with Gasteiger partial charge in [-0.2, -0.15) is 0 Å². The van der Waals surface area contributed by atoms with E-state index in [-0.39, 0.29) is 17.1 Å². The molecule has 1 aromatic carbocycles. The normalized spacial score (nSPS) is 10.2. The molecule has 0 atom stereocenters. The van der Waals surface area contributed by atoms with Crippen molar-refractivity contribution in [1.29, 1.82) is 0 Å². The third-order valence-corrected chi connectivity index (χ3v) is 3.66. The molecule has 0 aromatic heterocycles. The standard InChI is InChI=1S/C18H30.Fe/c1-2-3-4-5-6-7-8-9-10-12-15-18-16-13-11-14-17-18;/h11,13-14,16-17H,2-10,12,15H2,1H3;. The van der Waals surface area contributed by atoms with Gasteiger partial charge in [0.25, 0.3) is 0 Å². The summed E-state index contributed by atoms with van der Waals surface area (Å²) in [5.41, 5.74) is 1.50. The van der Waals surface area contributed by atoms with E-state index in [1.54, 1.807) is 0 Å². The Kier molecular flexibility index (Phi) is 14.0. The molecular weight excluding hydrogens is 272 g/mol. The van der Waals surface area contributed by atoms with Crippen LogP contribution in [0.2, 0.25) is 0 Å². The minimum absolute atomic E-state index is 0. The van der Waals surface area contributed by atoms with Gasteiger partial charge >= 0.3 is 0 Å². The largest absolute Gasteiger partial charge is 0.0654 e. The van der Waals surface area contributed by atoms with Gasteiger partial charge in [-0.3, -0.25) is 0 Å². The van der Waals surface area contributed by atoms with Crippen LogP contribution in [-0.2, 0) is 23.5 Å². The molecule has 0 saturated carbocycles. The predicted molar refractivity (Wildman–Crippen MR) is 82.0 cm³/mol. The molecule has 1 aromatic rings. The van der Waals surface area contributed by atoms with Gasteiger partial charge < -0.3 is 0 Å². The Bertz CT molecular complexity index is 268. The van der Waals surface area contributed by atoms with E-state index in [9.17, 15) is 0 Å². The third kappa shape index (κ3) is 11.3. The summed E-state index contributed by atoms with van der Waals surface area (Å²) in [4.78, 5) is 0. The van der Waals surface area contributed by atoms with Crippen molar-refractivity contribution >= 4 is 0 Å². The van der Waals surface area contributed by atoms with Crippen molar-refractivity contribution in [3.05, 3.63) is 35.9 Å². The number of aryl methyl sites for hydroxylation is 1. The summed E-state index contributed by atoms with van der Waals surface area (Å²) in [6.07, 6.45) is 15.5. The molecule has 0 bridgehead atoms. The second kappa shape index (κ2) is 14.2. The maximum absolute atomic E-state index is 2.28. The van der Waals surface area contributed by atoms with E-state index in [2.05, 4.69) is 37.3 Å². The maximum Gasteiger partial charge on any atom is 0 e. The molecule has 0 fully saturated rings. The molecule has 0 spiro atoms. The Morgan fingerprint density at radius 3 is 1.63 bits per heavy atom. The number of hydrogen-bond donors (Lipinski definition) is 0. The number of benzene rings is 1. The molecule has 0 aliphatic rings.